The maximum Gasteiger partial charge on any atom is 0.234 e. The van der Waals surface area contributed by atoms with E-state index in [-0.39, 0.29) is 11.2 Å². The van der Waals surface area contributed by atoms with E-state index in [1.165, 1.54) is 27.1 Å². The third kappa shape index (κ3) is 4.72. The third-order valence-electron chi connectivity index (χ3n) is 5.17. The predicted octanol–water partition coefficient (Wildman–Crippen LogP) is 4.75. The maximum absolute atomic E-state index is 12.7. The van der Waals surface area contributed by atoms with Gasteiger partial charge in [0.1, 0.15) is 0 Å². The van der Waals surface area contributed by atoms with E-state index in [4.69, 9.17) is 0 Å². The van der Waals surface area contributed by atoms with Crippen LogP contribution in [0.5, 0.6) is 0 Å². The topological polar surface area (TPSA) is 32.3 Å². The fourth-order valence-electron chi connectivity index (χ4n) is 3.74. The Bertz CT molecular complexity index is 973. The van der Waals surface area contributed by atoms with E-state index in [2.05, 4.69) is 78.9 Å². The van der Waals surface area contributed by atoms with Crippen molar-refractivity contribution in [2.45, 2.75) is 29.7 Å². The van der Waals surface area contributed by atoms with Crippen LogP contribution < -0.4 is 5.32 Å². The molecule has 0 aromatic heterocycles. The van der Waals surface area contributed by atoms with Gasteiger partial charge in [-0.15, -0.1) is 11.8 Å². The average molecular weight is 403 g/mol. The van der Waals surface area contributed by atoms with Crippen molar-refractivity contribution in [2.75, 3.05) is 14.1 Å². The molecule has 0 aliphatic carbocycles. The Hall–Kier alpha value is -2.56. The molecular formula is C25H26N2OS. The van der Waals surface area contributed by atoms with Crippen molar-refractivity contribution in [1.82, 2.24) is 10.2 Å². The normalized spacial score (nSPS) is 15.3. The Morgan fingerprint density at radius 3 is 2.48 bits per heavy atom. The molecule has 1 amide bonds. The number of amides is 1. The van der Waals surface area contributed by atoms with Crippen molar-refractivity contribution in [3.63, 3.8) is 0 Å². The largest absolute Gasteiger partial charge is 0.351 e. The van der Waals surface area contributed by atoms with Crippen LogP contribution in [0.2, 0.25) is 0 Å². The van der Waals surface area contributed by atoms with Crippen molar-refractivity contribution >= 4 is 17.7 Å². The zero-order valence-corrected chi connectivity index (χ0v) is 17.7. The molecule has 1 aliphatic rings. The third-order valence-corrected chi connectivity index (χ3v) is 6.49. The van der Waals surface area contributed by atoms with Gasteiger partial charge in [-0.25, -0.2) is 0 Å². The first-order chi connectivity index (χ1) is 14.1. The van der Waals surface area contributed by atoms with Crippen LogP contribution in [0.25, 0.3) is 11.1 Å². The lowest BCUT2D eigenvalue weighted by Crippen LogP contribution is -2.32. The van der Waals surface area contributed by atoms with Crippen LogP contribution in [0.4, 0.5) is 0 Å². The van der Waals surface area contributed by atoms with E-state index in [1.54, 1.807) is 11.8 Å². The Balaban J connectivity index is 1.43. The average Bonchev–Trinajstić information content (AvgIpc) is 3.17. The van der Waals surface area contributed by atoms with Gasteiger partial charge in [0.15, 0.2) is 0 Å². The molecule has 1 atom stereocenters. The van der Waals surface area contributed by atoms with Gasteiger partial charge in [-0.3, -0.25) is 4.79 Å². The minimum Gasteiger partial charge on any atom is -0.351 e. The molecule has 0 radical (unpaired) electrons. The first kappa shape index (κ1) is 19.7. The Morgan fingerprint density at radius 2 is 1.72 bits per heavy atom. The summed E-state index contributed by atoms with van der Waals surface area (Å²) in [6.45, 7) is 1.47. The smallest absolute Gasteiger partial charge is 0.234 e. The highest BCUT2D eigenvalue weighted by atomic mass is 32.2. The van der Waals surface area contributed by atoms with Crippen LogP contribution in [0.1, 0.15) is 16.7 Å². The Kier molecular flexibility index (Phi) is 6.02. The van der Waals surface area contributed by atoms with Crippen molar-refractivity contribution in [3.05, 3.63) is 89.5 Å². The number of carbonyl (C=O) groups excluding carboxylic acids is 1. The minimum atomic E-state index is -0.0371. The second kappa shape index (κ2) is 8.85. The van der Waals surface area contributed by atoms with Gasteiger partial charge in [-0.05, 0) is 54.4 Å². The van der Waals surface area contributed by atoms with E-state index in [1.807, 2.05) is 18.2 Å². The lowest BCUT2D eigenvalue weighted by Gasteiger charge is -2.14. The SMILES string of the molecule is CN(C)Cc1ccc(-c2ccccc2CNC(=O)C2Cc3ccccc3S2)cc1. The lowest BCUT2D eigenvalue weighted by atomic mass is 9.98. The summed E-state index contributed by atoms with van der Waals surface area (Å²) in [6.07, 6.45) is 0.807. The van der Waals surface area contributed by atoms with Crippen molar-refractivity contribution < 1.29 is 4.79 Å². The number of carbonyl (C=O) groups is 1. The van der Waals surface area contributed by atoms with Crippen molar-refractivity contribution in [2.24, 2.45) is 0 Å². The highest BCUT2D eigenvalue weighted by molar-refractivity contribution is 8.01. The van der Waals surface area contributed by atoms with Crippen LogP contribution in [0.15, 0.2) is 77.7 Å². The van der Waals surface area contributed by atoms with Crippen LogP contribution in [0, 0.1) is 0 Å². The van der Waals surface area contributed by atoms with Gasteiger partial charge >= 0.3 is 0 Å². The molecule has 148 valence electrons. The van der Waals surface area contributed by atoms with Gasteiger partial charge in [0.2, 0.25) is 5.91 Å². The quantitative estimate of drug-likeness (QED) is 0.646. The van der Waals surface area contributed by atoms with Crippen LogP contribution in [-0.4, -0.2) is 30.2 Å². The van der Waals surface area contributed by atoms with Crippen molar-refractivity contribution in [3.8, 4) is 11.1 Å². The predicted molar refractivity (Wildman–Crippen MR) is 121 cm³/mol. The van der Waals surface area contributed by atoms with Gasteiger partial charge in [0, 0.05) is 18.0 Å². The number of fused-ring (bicyclic) bond motifs is 1. The molecule has 0 bridgehead atoms. The molecule has 29 heavy (non-hydrogen) atoms. The number of nitrogens with one attached hydrogen (secondary N) is 1. The number of nitrogens with zero attached hydrogens (tertiary/aromatic N) is 1. The van der Waals surface area contributed by atoms with E-state index < -0.39 is 0 Å². The summed E-state index contributed by atoms with van der Waals surface area (Å²) >= 11 is 1.67. The van der Waals surface area contributed by atoms with E-state index in [0.717, 1.165) is 18.5 Å². The molecule has 0 fully saturated rings. The molecule has 3 aromatic rings. The van der Waals surface area contributed by atoms with Crippen LogP contribution in [-0.2, 0) is 24.3 Å². The number of rotatable bonds is 6. The fraction of sp³-hybridized carbons (Fsp3) is 0.240. The number of hydrogen-bond donors (Lipinski definition) is 1. The lowest BCUT2D eigenvalue weighted by molar-refractivity contribution is -0.120. The molecule has 1 unspecified atom stereocenters. The first-order valence-electron chi connectivity index (χ1n) is 9.94. The summed E-state index contributed by atoms with van der Waals surface area (Å²) in [6, 6.07) is 25.3. The summed E-state index contributed by atoms with van der Waals surface area (Å²) in [7, 11) is 4.15. The van der Waals surface area contributed by atoms with E-state index in [0.29, 0.717) is 6.54 Å². The molecule has 1 aliphatic heterocycles. The number of benzene rings is 3. The van der Waals surface area contributed by atoms with E-state index in [9.17, 15) is 4.79 Å². The summed E-state index contributed by atoms with van der Waals surface area (Å²) in [5, 5.41) is 3.12. The standard InChI is InChI=1S/C25H26N2OS/c1-27(2)17-18-11-13-19(14-12-18)22-9-5-3-8-21(22)16-26-25(28)24-15-20-7-4-6-10-23(20)29-24/h3-14,24H,15-17H2,1-2H3,(H,26,28). The van der Waals surface area contributed by atoms with Gasteiger partial charge < -0.3 is 10.2 Å². The molecular weight excluding hydrogens is 376 g/mol. The Labute approximate surface area is 177 Å². The highest BCUT2D eigenvalue weighted by Gasteiger charge is 2.27. The Morgan fingerprint density at radius 1 is 1.00 bits per heavy atom. The summed E-state index contributed by atoms with van der Waals surface area (Å²) in [5.74, 6) is 0.113. The summed E-state index contributed by atoms with van der Waals surface area (Å²) in [5.41, 5.74) is 6.06. The van der Waals surface area contributed by atoms with Crippen LogP contribution in [0.3, 0.4) is 0 Å². The second-order valence-electron chi connectivity index (χ2n) is 7.73. The summed E-state index contributed by atoms with van der Waals surface area (Å²) < 4.78 is 0. The van der Waals surface area contributed by atoms with Crippen LogP contribution >= 0.6 is 11.8 Å². The molecule has 0 saturated heterocycles. The van der Waals surface area contributed by atoms with E-state index >= 15 is 0 Å². The zero-order chi connectivity index (χ0) is 20.2. The molecule has 4 heteroatoms. The van der Waals surface area contributed by atoms with Gasteiger partial charge in [0.25, 0.3) is 0 Å². The molecule has 4 rings (SSSR count). The maximum atomic E-state index is 12.7. The molecule has 1 N–H and O–H groups in total. The minimum absolute atomic E-state index is 0.0371. The molecule has 0 saturated carbocycles. The molecule has 3 nitrogen and oxygen atoms in total. The second-order valence-corrected chi connectivity index (χ2v) is 8.97. The zero-order valence-electron chi connectivity index (χ0n) is 16.9. The van der Waals surface area contributed by atoms with Gasteiger partial charge in [0.05, 0.1) is 5.25 Å². The van der Waals surface area contributed by atoms with Gasteiger partial charge in [-0.1, -0.05) is 66.7 Å². The van der Waals surface area contributed by atoms with Gasteiger partial charge in [-0.2, -0.15) is 0 Å². The number of hydrogen-bond acceptors (Lipinski definition) is 3. The first-order valence-corrected chi connectivity index (χ1v) is 10.8. The fourth-order valence-corrected chi connectivity index (χ4v) is 4.96. The molecule has 0 spiro atoms. The molecule has 1 heterocycles. The monoisotopic (exact) mass is 402 g/mol. The highest BCUT2D eigenvalue weighted by Crippen LogP contribution is 2.36. The summed E-state index contributed by atoms with van der Waals surface area (Å²) in [4.78, 5) is 16.1. The van der Waals surface area contributed by atoms with Crippen molar-refractivity contribution in [1.29, 1.82) is 0 Å². The molecule has 3 aromatic carbocycles. The number of thioether (sulfide) groups is 1.